The molecule has 9 heteroatoms. The number of carbonyl (C=O) groups is 1. The minimum atomic E-state index is -3.51. The number of amides is 1. The number of hydrogen-bond acceptors (Lipinski definition) is 5. The summed E-state index contributed by atoms with van der Waals surface area (Å²) in [6.07, 6.45) is 1.99. The van der Waals surface area contributed by atoms with Crippen LogP contribution >= 0.6 is 0 Å². The van der Waals surface area contributed by atoms with Gasteiger partial charge in [0.1, 0.15) is 5.82 Å². The highest BCUT2D eigenvalue weighted by atomic mass is 32.2. The predicted octanol–water partition coefficient (Wildman–Crippen LogP) is 2.49. The largest absolute Gasteiger partial charge is 0.291 e. The zero-order chi connectivity index (χ0) is 21.1. The Balaban J connectivity index is 1.45. The molecule has 0 radical (unpaired) electrons. The van der Waals surface area contributed by atoms with E-state index in [1.807, 2.05) is 18.2 Å². The van der Waals surface area contributed by atoms with Crippen LogP contribution in [0.5, 0.6) is 0 Å². The Bertz CT molecular complexity index is 1160. The summed E-state index contributed by atoms with van der Waals surface area (Å²) in [5.41, 5.74) is 2.42. The lowest BCUT2D eigenvalue weighted by Crippen LogP contribution is -2.38. The van der Waals surface area contributed by atoms with Gasteiger partial charge < -0.3 is 0 Å². The second-order valence-corrected chi connectivity index (χ2v) is 8.84. The number of nitrogens with zero attached hydrogens (tertiary/aromatic N) is 3. The molecule has 4 rings (SSSR count). The number of fused-ring (bicyclic) bond motifs is 1. The molecule has 0 fully saturated rings. The first-order valence-corrected chi connectivity index (χ1v) is 10.9. The highest BCUT2D eigenvalue weighted by molar-refractivity contribution is 7.88. The SMILES string of the molecule is O=C(NC1=NCC2=CN(S(=O)(=O)Cc3ccccc3)CCC2=N1)c1ccc(F)cc1. The van der Waals surface area contributed by atoms with Crippen LogP contribution in [0.15, 0.2) is 76.4 Å². The number of benzene rings is 2. The maximum Gasteiger partial charge on any atom is 0.258 e. The third-order valence-electron chi connectivity index (χ3n) is 4.76. The van der Waals surface area contributed by atoms with Crippen LogP contribution in [0, 0.1) is 5.82 Å². The molecule has 0 atom stereocenters. The Morgan fingerprint density at radius 3 is 2.57 bits per heavy atom. The molecule has 0 aromatic heterocycles. The molecule has 0 unspecified atom stereocenters. The van der Waals surface area contributed by atoms with Crippen LogP contribution < -0.4 is 5.32 Å². The summed E-state index contributed by atoms with van der Waals surface area (Å²) in [5, 5.41) is 2.60. The van der Waals surface area contributed by atoms with Crippen LogP contribution in [0.3, 0.4) is 0 Å². The van der Waals surface area contributed by atoms with Crippen molar-refractivity contribution in [1.29, 1.82) is 0 Å². The molecule has 2 heterocycles. The zero-order valence-electron chi connectivity index (χ0n) is 16.0. The van der Waals surface area contributed by atoms with E-state index in [2.05, 4.69) is 15.3 Å². The fraction of sp³-hybridized carbons (Fsp3) is 0.190. The van der Waals surface area contributed by atoms with Gasteiger partial charge in [0.15, 0.2) is 0 Å². The molecular weight excluding hydrogens is 407 g/mol. The molecule has 0 aliphatic carbocycles. The van der Waals surface area contributed by atoms with Gasteiger partial charge in [0.25, 0.3) is 5.91 Å². The van der Waals surface area contributed by atoms with Crippen LogP contribution in [-0.2, 0) is 15.8 Å². The van der Waals surface area contributed by atoms with Gasteiger partial charge in [-0.1, -0.05) is 30.3 Å². The molecule has 30 heavy (non-hydrogen) atoms. The second kappa shape index (κ2) is 8.19. The summed E-state index contributed by atoms with van der Waals surface area (Å²) in [5.74, 6) is -0.775. The molecule has 2 aromatic carbocycles. The third-order valence-corrected chi connectivity index (χ3v) is 6.46. The van der Waals surface area contributed by atoms with Gasteiger partial charge in [-0.15, -0.1) is 0 Å². The third kappa shape index (κ3) is 4.46. The minimum absolute atomic E-state index is 0.0770. The number of aliphatic imine (C=N–C) groups is 2. The highest BCUT2D eigenvalue weighted by Crippen LogP contribution is 2.21. The maximum absolute atomic E-state index is 13.0. The molecule has 0 bridgehead atoms. The summed E-state index contributed by atoms with van der Waals surface area (Å²) >= 11 is 0. The van der Waals surface area contributed by atoms with Gasteiger partial charge in [-0.05, 0) is 29.8 Å². The molecule has 2 aromatic rings. The predicted molar refractivity (Wildman–Crippen MR) is 112 cm³/mol. The summed E-state index contributed by atoms with van der Waals surface area (Å²) in [6.45, 7) is 0.492. The number of guanidine groups is 1. The quantitative estimate of drug-likeness (QED) is 0.814. The van der Waals surface area contributed by atoms with Crippen molar-refractivity contribution in [2.75, 3.05) is 13.1 Å². The number of sulfonamides is 1. The van der Waals surface area contributed by atoms with E-state index in [1.54, 1.807) is 18.3 Å². The van der Waals surface area contributed by atoms with Crippen molar-refractivity contribution < 1.29 is 17.6 Å². The average Bonchev–Trinajstić information content (AvgIpc) is 2.74. The van der Waals surface area contributed by atoms with E-state index in [9.17, 15) is 17.6 Å². The molecule has 2 aliphatic heterocycles. The Hall–Kier alpha value is -3.33. The van der Waals surface area contributed by atoms with Crippen molar-refractivity contribution >= 4 is 27.6 Å². The standard InChI is InChI=1S/C21H19FN4O3S/c22-18-8-6-16(7-9-18)20(27)25-21-23-12-17-13-26(11-10-19(17)24-21)30(28,29)14-15-4-2-1-3-5-15/h1-9,13H,10-12,14H2,(H,23,25,27). The lowest BCUT2D eigenvalue weighted by atomic mass is 10.1. The molecule has 1 N–H and O–H groups in total. The van der Waals surface area contributed by atoms with Crippen LogP contribution in [0.4, 0.5) is 4.39 Å². The first-order chi connectivity index (χ1) is 14.4. The number of carbonyl (C=O) groups excluding carboxylic acids is 1. The molecular formula is C21H19FN4O3S. The van der Waals surface area contributed by atoms with Gasteiger partial charge >= 0.3 is 0 Å². The second-order valence-electron chi connectivity index (χ2n) is 6.92. The van der Waals surface area contributed by atoms with Gasteiger partial charge in [0.05, 0.1) is 18.0 Å². The molecule has 0 saturated carbocycles. The highest BCUT2D eigenvalue weighted by Gasteiger charge is 2.27. The normalized spacial score (nSPS) is 16.2. The van der Waals surface area contributed by atoms with E-state index >= 15 is 0 Å². The fourth-order valence-corrected chi connectivity index (χ4v) is 4.64. The van der Waals surface area contributed by atoms with E-state index in [0.717, 1.165) is 5.56 Å². The lowest BCUT2D eigenvalue weighted by molar-refractivity contribution is 0.0976. The number of rotatable bonds is 4. The smallest absolute Gasteiger partial charge is 0.258 e. The zero-order valence-corrected chi connectivity index (χ0v) is 16.8. The lowest BCUT2D eigenvalue weighted by Gasteiger charge is -2.28. The first-order valence-electron chi connectivity index (χ1n) is 9.34. The number of nitrogens with one attached hydrogen (secondary N) is 1. The number of hydrogen-bond donors (Lipinski definition) is 1. The van der Waals surface area contributed by atoms with Gasteiger partial charge in [-0.2, -0.15) is 0 Å². The molecule has 0 spiro atoms. The summed E-state index contributed by atoms with van der Waals surface area (Å²) in [6, 6.07) is 14.2. The minimum Gasteiger partial charge on any atom is -0.291 e. The Morgan fingerprint density at radius 2 is 1.83 bits per heavy atom. The summed E-state index contributed by atoms with van der Waals surface area (Å²) in [7, 11) is -3.51. The van der Waals surface area contributed by atoms with E-state index in [1.165, 1.54) is 28.6 Å². The molecule has 0 saturated heterocycles. The van der Waals surface area contributed by atoms with Crippen molar-refractivity contribution in [3.05, 3.63) is 83.3 Å². The monoisotopic (exact) mass is 426 g/mol. The van der Waals surface area contributed by atoms with Gasteiger partial charge in [0.2, 0.25) is 16.0 Å². The van der Waals surface area contributed by atoms with Crippen molar-refractivity contribution in [2.45, 2.75) is 12.2 Å². The number of halogens is 1. The van der Waals surface area contributed by atoms with Gasteiger partial charge in [0, 0.05) is 30.3 Å². The topological polar surface area (TPSA) is 91.2 Å². The molecule has 1 amide bonds. The van der Waals surface area contributed by atoms with Gasteiger partial charge in [-0.3, -0.25) is 14.4 Å². The van der Waals surface area contributed by atoms with Crippen molar-refractivity contribution in [3.63, 3.8) is 0 Å². The molecule has 7 nitrogen and oxygen atoms in total. The van der Waals surface area contributed by atoms with E-state index in [4.69, 9.17) is 0 Å². The maximum atomic E-state index is 13.0. The fourth-order valence-electron chi connectivity index (χ4n) is 3.20. The van der Waals surface area contributed by atoms with Crippen LogP contribution in [0.25, 0.3) is 0 Å². The molecule has 2 aliphatic rings. The summed E-state index contributed by atoms with van der Waals surface area (Å²) < 4.78 is 39.8. The Morgan fingerprint density at radius 1 is 1.10 bits per heavy atom. The first kappa shape index (κ1) is 20.0. The van der Waals surface area contributed by atoms with E-state index < -0.39 is 21.7 Å². The van der Waals surface area contributed by atoms with Crippen molar-refractivity contribution in [3.8, 4) is 0 Å². The Kier molecular flexibility index (Phi) is 5.45. The van der Waals surface area contributed by atoms with Crippen molar-refractivity contribution in [1.82, 2.24) is 9.62 Å². The van der Waals surface area contributed by atoms with E-state index in [-0.39, 0.29) is 24.8 Å². The summed E-state index contributed by atoms with van der Waals surface area (Å²) in [4.78, 5) is 20.8. The van der Waals surface area contributed by atoms with Gasteiger partial charge in [-0.25, -0.2) is 22.8 Å². The van der Waals surface area contributed by atoms with E-state index in [0.29, 0.717) is 23.3 Å². The molecule has 154 valence electrons. The average molecular weight is 426 g/mol. The van der Waals surface area contributed by atoms with Crippen LogP contribution in [0.2, 0.25) is 0 Å². The van der Waals surface area contributed by atoms with Crippen molar-refractivity contribution in [2.24, 2.45) is 9.98 Å². The van der Waals surface area contributed by atoms with Crippen LogP contribution in [-0.4, -0.2) is 43.4 Å². The van der Waals surface area contributed by atoms with Crippen LogP contribution in [0.1, 0.15) is 22.3 Å². The Labute approximate surface area is 173 Å².